The molecule has 0 bridgehead atoms. The van der Waals surface area contributed by atoms with Crippen molar-refractivity contribution in [1.82, 2.24) is 19.8 Å². The maximum Gasteiger partial charge on any atom is 0.274 e. The Kier molecular flexibility index (Phi) is 4.65. The lowest BCUT2D eigenvalue weighted by Crippen LogP contribution is -2.39. The minimum atomic E-state index is -0.0942. The Bertz CT molecular complexity index is 528. The monoisotopic (exact) mass is 302 g/mol. The lowest BCUT2D eigenvalue weighted by molar-refractivity contribution is -0.135. The molecule has 3 rings (SSSR count). The molecule has 22 heavy (non-hydrogen) atoms. The maximum absolute atomic E-state index is 12.5. The Hall–Kier alpha value is -1.98. The zero-order valence-corrected chi connectivity index (χ0v) is 12.8. The Morgan fingerprint density at radius 1 is 0.955 bits per heavy atom. The van der Waals surface area contributed by atoms with Gasteiger partial charge in [0, 0.05) is 44.5 Å². The highest BCUT2D eigenvalue weighted by Gasteiger charge is 2.29. The van der Waals surface area contributed by atoms with Crippen molar-refractivity contribution in [1.29, 1.82) is 0 Å². The van der Waals surface area contributed by atoms with Crippen molar-refractivity contribution in [2.45, 2.75) is 32.1 Å². The zero-order chi connectivity index (χ0) is 15.4. The van der Waals surface area contributed by atoms with Crippen LogP contribution in [-0.2, 0) is 4.79 Å². The molecule has 1 aromatic rings. The van der Waals surface area contributed by atoms with Gasteiger partial charge in [0.1, 0.15) is 5.69 Å². The van der Waals surface area contributed by atoms with Crippen molar-refractivity contribution >= 4 is 11.8 Å². The van der Waals surface area contributed by atoms with Crippen molar-refractivity contribution in [3.63, 3.8) is 0 Å². The molecule has 1 saturated carbocycles. The number of nitrogens with zero attached hydrogens (tertiary/aromatic N) is 4. The number of carbonyl (C=O) groups excluding carboxylic acids is 2. The summed E-state index contributed by atoms with van der Waals surface area (Å²) >= 11 is 0. The van der Waals surface area contributed by atoms with E-state index in [9.17, 15) is 9.59 Å². The van der Waals surface area contributed by atoms with Gasteiger partial charge < -0.3 is 9.80 Å². The second-order valence-electron chi connectivity index (χ2n) is 6.04. The molecule has 2 fully saturated rings. The van der Waals surface area contributed by atoms with Crippen molar-refractivity contribution in [3.05, 3.63) is 24.3 Å². The largest absolute Gasteiger partial charge is 0.341 e. The Morgan fingerprint density at radius 2 is 1.68 bits per heavy atom. The normalized spacial score (nSPS) is 20.0. The summed E-state index contributed by atoms with van der Waals surface area (Å²) in [5.41, 5.74) is 0.373. The zero-order valence-electron chi connectivity index (χ0n) is 12.8. The topological polar surface area (TPSA) is 66.4 Å². The average molecular weight is 302 g/mol. The molecule has 0 N–H and O–H groups in total. The molecule has 1 aromatic heterocycles. The van der Waals surface area contributed by atoms with E-state index in [4.69, 9.17) is 0 Å². The fourth-order valence-electron chi connectivity index (χ4n) is 3.34. The van der Waals surface area contributed by atoms with E-state index in [1.54, 1.807) is 11.1 Å². The summed E-state index contributed by atoms with van der Waals surface area (Å²) in [6, 6.07) is 0. The van der Waals surface area contributed by atoms with Gasteiger partial charge in [0.2, 0.25) is 5.91 Å². The van der Waals surface area contributed by atoms with E-state index in [2.05, 4.69) is 9.97 Å². The minimum Gasteiger partial charge on any atom is -0.341 e. The highest BCUT2D eigenvalue weighted by molar-refractivity contribution is 5.92. The molecule has 0 radical (unpaired) electrons. The van der Waals surface area contributed by atoms with Crippen LogP contribution in [0.2, 0.25) is 0 Å². The molecular formula is C16H22N4O2. The summed E-state index contributed by atoms with van der Waals surface area (Å²) in [5.74, 6) is 0.400. The Labute approximate surface area is 130 Å². The summed E-state index contributed by atoms with van der Waals surface area (Å²) in [6.07, 6.45) is 9.79. The third-order valence-corrected chi connectivity index (χ3v) is 4.58. The predicted molar refractivity (Wildman–Crippen MR) is 81.1 cm³/mol. The van der Waals surface area contributed by atoms with Crippen LogP contribution < -0.4 is 0 Å². The van der Waals surface area contributed by atoms with Crippen LogP contribution >= 0.6 is 0 Å². The van der Waals surface area contributed by atoms with Crippen molar-refractivity contribution in [2.24, 2.45) is 5.92 Å². The van der Waals surface area contributed by atoms with Crippen molar-refractivity contribution in [2.75, 3.05) is 26.2 Å². The van der Waals surface area contributed by atoms with Gasteiger partial charge in [0.05, 0.1) is 6.20 Å². The van der Waals surface area contributed by atoms with Gasteiger partial charge in [0.25, 0.3) is 5.91 Å². The predicted octanol–water partition coefficient (Wildman–Crippen LogP) is 1.34. The molecule has 2 heterocycles. The molecule has 6 nitrogen and oxygen atoms in total. The SMILES string of the molecule is O=C(c1cnccn1)N1CCCN(C(=O)C2CCCC2)CC1. The molecule has 0 spiro atoms. The molecule has 2 amide bonds. The van der Waals surface area contributed by atoms with Crippen molar-refractivity contribution in [3.8, 4) is 0 Å². The number of aromatic nitrogens is 2. The molecule has 1 aliphatic heterocycles. The van der Waals surface area contributed by atoms with Gasteiger partial charge in [-0.3, -0.25) is 14.6 Å². The smallest absolute Gasteiger partial charge is 0.274 e. The molecule has 2 aliphatic rings. The van der Waals surface area contributed by atoms with E-state index in [0.29, 0.717) is 25.3 Å². The lowest BCUT2D eigenvalue weighted by atomic mass is 10.1. The van der Waals surface area contributed by atoms with Gasteiger partial charge in [-0.25, -0.2) is 4.98 Å². The number of carbonyl (C=O) groups is 2. The van der Waals surface area contributed by atoms with Crippen LogP contribution in [0.3, 0.4) is 0 Å². The first kappa shape index (κ1) is 14.9. The van der Waals surface area contributed by atoms with Gasteiger partial charge in [-0.1, -0.05) is 12.8 Å². The second-order valence-corrected chi connectivity index (χ2v) is 6.04. The van der Waals surface area contributed by atoms with Crippen LogP contribution in [-0.4, -0.2) is 57.8 Å². The van der Waals surface area contributed by atoms with Gasteiger partial charge in [-0.05, 0) is 19.3 Å². The molecule has 1 aliphatic carbocycles. The maximum atomic E-state index is 12.5. The first-order chi connectivity index (χ1) is 10.8. The molecule has 1 saturated heterocycles. The molecule has 0 atom stereocenters. The van der Waals surface area contributed by atoms with Gasteiger partial charge in [0.15, 0.2) is 0 Å². The minimum absolute atomic E-state index is 0.0942. The van der Waals surface area contributed by atoms with Crippen LogP contribution in [0.25, 0.3) is 0 Å². The summed E-state index contributed by atoms with van der Waals surface area (Å²) in [6.45, 7) is 2.62. The standard InChI is InChI=1S/C16H22N4O2/c21-15(13-4-1-2-5-13)19-8-3-9-20(11-10-19)16(22)14-12-17-6-7-18-14/h6-7,12-13H,1-5,8-11H2. The molecular weight excluding hydrogens is 280 g/mol. The van der Waals surface area contributed by atoms with Gasteiger partial charge in [-0.2, -0.15) is 0 Å². The number of amides is 2. The average Bonchev–Trinajstić information content (AvgIpc) is 2.99. The van der Waals surface area contributed by atoms with E-state index >= 15 is 0 Å². The van der Waals surface area contributed by atoms with Crippen LogP contribution in [0.15, 0.2) is 18.6 Å². The quantitative estimate of drug-likeness (QED) is 0.827. The first-order valence-corrected chi connectivity index (χ1v) is 8.10. The van der Waals surface area contributed by atoms with E-state index in [1.807, 2.05) is 4.90 Å². The molecule has 0 unspecified atom stereocenters. The third-order valence-electron chi connectivity index (χ3n) is 4.58. The van der Waals surface area contributed by atoms with Gasteiger partial charge in [-0.15, -0.1) is 0 Å². The summed E-state index contributed by atoms with van der Waals surface area (Å²) in [4.78, 5) is 36.6. The van der Waals surface area contributed by atoms with E-state index < -0.39 is 0 Å². The van der Waals surface area contributed by atoms with Crippen LogP contribution in [0.4, 0.5) is 0 Å². The summed E-state index contributed by atoms with van der Waals surface area (Å²) in [7, 11) is 0. The fourth-order valence-corrected chi connectivity index (χ4v) is 3.34. The van der Waals surface area contributed by atoms with E-state index in [0.717, 1.165) is 25.8 Å². The van der Waals surface area contributed by atoms with Crippen LogP contribution in [0, 0.1) is 5.92 Å². The van der Waals surface area contributed by atoms with Crippen LogP contribution in [0.5, 0.6) is 0 Å². The van der Waals surface area contributed by atoms with Crippen molar-refractivity contribution < 1.29 is 9.59 Å². The first-order valence-electron chi connectivity index (χ1n) is 8.10. The molecule has 118 valence electrons. The number of rotatable bonds is 2. The highest BCUT2D eigenvalue weighted by Crippen LogP contribution is 2.27. The lowest BCUT2D eigenvalue weighted by Gasteiger charge is -2.24. The Morgan fingerprint density at radius 3 is 2.41 bits per heavy atom. The fraction of sp³-hybridized carbons (Fsp3) is 0.625. The van der Waals surface area contributed by atoms with E-state index in [-0.39, 0.29) is 17.7 Å². The summed E-state index contributed by atoms with van der Waals surface area (Å²) in [5, 5.41) is 0. The number of hydrogen-bond acceptors (Lipinski definition) is 4. The second kappa shape index (κ2) is 6.85. The van der Waals surface area contributed by atoms with E-state index in [1.165, 1.54) is 25.2 Å². The molecule has 0 aromatic carbocycles. The highest BCUT2D eigenvalue weighted by atomic mass is 16.2. The molecule has 6 heteroatoms. The number of hydrogen-bond donors (Lipinski definition) is 0. The summed E-state index contributed by atoms with van der Waals surface area (Å²) < 4.78 is 0. The third kappa shape index (κ3) is 3.26. The Balaban J connectivity index is 1.60. The van der Waals surface area contributed by atoms with Gasteiger partial charge >= 0.3 is 0 Å². The van der Waals surface area contributed by atoms with Crippen LogP contribution in [0.1, 0.15) is 42.6 Å².